The number of rotatable bonds is 4. The zero-order chi connectivity index (χ0) is 19.8. The van der Waals surface area contributed by atoms with Crippen molar-refractivity contribution >= 4 is 21.9 Å². The maximum atomic E-state index is 5.81. The lowest BCUT2D eigenvalue weighted by Crippen LogP contribution is -1.98. The summed E-state index contributed by atoms with van der Waals surface area (Å²) >= 11 is 0. The third kappa shape index (κ3) is 3.19. The monoisotopic (exact) mass is 378 g/mol. The fourth-order valence-corrected chi connectivity index (χ4v) is 3.95. The molecule has 0 saturated heterocycles. The fourth-order valence-electron chi connectivity index (χ4n) is 3.95. The van der Waals surface area contributed by atoms with Gasteiger partial charge in [0.1, 0.15) is 5.52 Å². The van der Waals surface area contributed by atoms with Crippen LogP contribution in [0, 0.1) is 5.92 Å². The van der Waals surface area contributed by atoms with Gasteiger partial charge in [-0.1, -0.05) is 56.3 Å². The summed E-state index contributed by atoms with van der Waals surface area (Å²) in [6, 6.07) is 23.0. The maximum absolute atomic E-state index is 5.81. The molecule has 3 aromatic heterocycles. The van der Waals surface area contributed by atoms with E-state index in [1.807, 2.05) is 24.4 Å². The van der Waals surface area contributed by atoms with Crippen molar-refractivity contribution in [2.24, 2.45) is 5.92 Å². The molecule has 0 bridgehead atoms. The van der Waals surface area contributed by atoms with Crippen LogP contribution in [0.3, 0.4) is 0 Å². The van der Waals surface area contributed by atoms with Crippen LogP contribution in [0.25, 0.3) is 44.3 Å². The molecule has 5 rings (SSSR count). The van der Waals surface area contributed by atoms with Gasteiger partial charge in [-0.25, -0.2) is 4.98 Å². The molecule has 0 saturated carbocycles. The maximum Gasteiger partial charge on any atom is 0.160 e. The van der Waals surface area contributed by atoms with Crippen molar-refractivity contribution in [3.63, 3.8) is 0 Å². The molecule has 0 aliphatic carbocycles. The molecule has 0 N–H and O–H groups in total. The first kappa shape index (κ1) is 17.6. The van der Waals surface area contributed by atoms with Crippen LogP contribution in [-0.4, -0.2) is 9.97 Å². The number of nitrogens with zero attached hydrogens (tertiary/aromatic N) is 2. The largest absolute Gasteiger partial charge is 0.462 e. The van der Waals surface area contributed by atoms with Crippen LogP contribution in [-0.2, 0) is 6.42 Å². The summed E-state index contributed by atoms with van der Waals surface area (Å²) in [7, 11) is 0. The zero-order valence-electron chi connectivity index (χ0n) is 16.6. The number of pyridine rings is 2. The van der Waals surface area contributed by atoms with Gasteiger partial charge in [-0.3, -0.25) is 4.98 Å². The van der Waals surface area contributed by atoms with Crippen molar-refractivity contribution in [1.82, 2.24) is 9.97 Å². The van der Waals surface area contributed by atoms with Crippen molar-refractivity contribution in [3.05, 3.63) is 84.9 Å². The second-order valence-electron chi connectivity index (χ2n) is 7.83. The minimum atomic E-state index is 0.552. The first-order valence-electron chi connectivity index (χ1n) is 10.0. The molecule has 142 valence electrons. The average molecular weight is 378 g/mol. The van der Waals surface area contributed by atoms with E-state index < -0.39 is 0 Å². The summed E-state index contributed by atoms with van der Waals surface area (Å²) in [5.74, 6) is 0.552. The number of hydrogen-bond donors (Lipinski definition) is 0. The van der Waals surface area contributed by atoms with Crippen LogP contribution in [0.2, 0.25) is 0 Å². The van der Waals surface area contributed by atoms with Gasteiger partial charge in [0.25, 0.3) is 0 Å². The van der Waals surface area contributed by atoms with Crippen LogP contribution >= 0.6 is 0 Å². The van der Waals surface area contributed by atoms with Gasteiger partial charge in [0.15, 0.2) is 5.58 Å². The van der Waals surface area contributed by atoms with E-state index in [-0.39, 0.29) is 0 Å². The lowest BCUT2D eigenvalue weighted by atomic mass is 9.95. The van der Waals surface area contributed by atoms with Gasteiger partial charge in [0.2, 0.25) is 0 Å². The summed E-state index contributed by atoms with van der Waals surface area (Å²) in [5, 5.41) is 2.11. The Labute approximate surface area is 170 Å². The molecule has 5 aromatic rings. The van der Waals surface area contributed by atoms with Crippen molar-refractivity contribution < 1.29 is 4.42 Å². The normalized spacial score (nSPS) is 11.6. The van der Waals surface area contributed by atoms with Crippen LogP contribution in [0.5, 0.6) is 0 Å². The molecule has 0 fully saturated rings. The van der Waals surface area contributed by atoms with Crippen LogP contribution < -0.4 is 0 Å². The van der Waals surface area contributed by atoms with Gasteiger partial charge in [-0.2, -0.15) is 0 Å². The highest BCUT2D eigenvalue weighted by atomic mass is 16.3. The summed E-state index contributed by atoms with van der Waals surface area (Å²) in [6.45, 7) is 4.43. The lowest BCUT2D eigenvalue weighted by Gasteiger charge is -2.13. The van der Waals surface area contributed by atoms with Gasteiger partial charge >= 0.3 is 0 Å². The number of furan rings is 1. The highest BCUT2D eigenvalue weighted by molar-refractivity contribution is 6.10. The second kappa shape index (κ2) is 7.17. The zero-order valence-corrected chi connectivity index (χ0v) is 16.6. The lowest BCUT2D eigenvalue weighted by molar-refractivity contribution is 0.616. The molecule has 0 unspecified atom stereocenters. The van der Waals surface area contributed by atoms with Gasteiger partial charge in [0.05, 0.1) is 12.0 Å². The molecule has 3 nitrogen and oxygen atoms in total. The van der Waals surface area contributed by atoms with E-state index in [9.17, 15) is 0 Å². The van der Waals surface area contributed by atoms with E-state index >= 15 is 0 Å². The SMILES string of the molecule is CC(C)Cc1ccc2c(-c3ncccc3-c3ccccc3)cc3ccoc3c2n1. The molecule has 0 aliphatic heterocycles. The molecule has 0 aliphatic rings. The Bertz CT molecular complexity index is 1300. The number of hydrogen-bond acceptors (Lipinski definition) is 3. The Morgan fingerprint density at radius 1 is 0.897 bits per heavy atom. The van der Waals surface area contributed by atoms with Crippen LogP contribution in [0.1, 0.15) is 19.5 Å². The molecule has 0 atom stereocenters. The van der Waals surface area contributed by atoms with E-state index in [4.69, 9.17) is 14.4 Å². The topological polar surface area (TPSA) is 38.9 Å². The number of fused-ring (bicyclic) bond motifs is 3. The minimum absolute atomic E-state index is 0.552. The van der Waals surface area contributed by atoms with E-state index in [0.717, 1.165) is 56.4 Å². The van der Waals surface area contributed by atoms with Gasteiger partial charge in [-0.05, 0) is 42.2 Å². The first-order chi connectivity index (χ1) is 14.2. The second-order valence-corrected chi connectivity index (χ2v) is 7.83. The summed E-state index contributed by atoms with van der Waals surface area (Å²) in [4.78, 5) is 9.76. The minimum Gasteiger partial charge on any atom is -0.462 e. The average Bonchev–Trinajstić information content (AvgIpc) is 3.22. The Balaban J connectivity index is 1.80. The standard InChI is InChI=1S/C26H22N2O/c1-17(2)15-20-10-11-22-23(16-19-12-14-29-26(19)25(22)28-20)24-21(9-6-13-27-24)18-7-4-3-5-8-18/h3-14,16-17H,15H2,1-2H3. The van der Waals surface area contributed by atoms with E-state index in [2.05, 4.69) is 62.4 Å². The predicted octanol–water partition coefficient (Wildman–Crippen LogP) is 6.91. The molecular weight excluding hydrogens is 356 g/mol. The summed E-state index contributed by atoms with van der Waals surface area (Å²) < 4.78 is 5.81. The predicted molar refractivity (Wildman–Crippen MR) is 119 cm³/mol. The number of aromatic nitrogens is 2. The Morgan fingerprint density at radius 3 is 2.59 bits per heavy atom. The third-order valence-electron chi connectivity index (χ3n) is 5.22. The van der Waals surface area contributed by atoms with Crippen molar-refractivity contribution in [1.29, 1.82) is 0 Å². The molecule has 0 amide bonds. The first-order valence-corrected chi connectivity index (χ1v) is 10.0. The van der Waals surface area contributed by atoms with Crippen LogP contribution in [0.4, 0.5) is 0 Å². The summed E-state index contributed by atoms with van der Waals surface area (Å²) in [6.07, 6.45) is 4.54. The molecular formula is C26H22N2O. The number of benzene rings is 2. The van der Waals surface area contributed by atoms with Crippen molar-refractivity contribution in [2.75, 3.05) is 0 Å². The van der Waals surface area contributed by atoms with Crippen LogP contribution in [0.15, 0.2) is 83.6 Å². The Kier molecular flexibility index (Phi) is 4.36. The smallest absolute Gasteiger partial charge is 0.160 e. The van der Waals surface area contributed by atoms with E-state index in [1.165, 1.54) is 0 Å². The van der Waals surface area contributed by atoms with E-state index in [0.29, 0.717) is 5.92 Å². The van der Waals surface area contributed by atoms with Gasteiger partial charge in [-0.15, -0.1) is 0 Å². The highest BCUT2D eigenvalue weighted by Gasteiger charge is 2.16. The third-order valence-corrected chi connectivity index (χ3v) is 5.22. The quantitative estimate of drug-likeness (QED) is 0.341. The Hall–Kier alpha value is -3.46. The summed E-state index contributed by atoms with van der Waals surface area (Å²) in [5.41, 5.74) is 7.15. The van der Waals surface area contributed by atoms with E-state index in [1.54, 1.807) is 6.26 Å². The van der Waals surface area contributed by atoms with Gasteiger partial charge in [0, 0.05) is 33.8 Å². The molecule has 29 heavy (non-hydrogen) atoms. The van der Waals surface area contributed by atoms with Gasteiger partial charge < -0.3 is 4.42 Å². The van der Waals surface area contributed by atoms with Crippen molar-refractivity contribution in [3.8, 4) is 22.4 Å². The highest BCUT2D eigenvalue weighted by Crippen LogP contribution is 2.38. The molecule has 3 heteroatoms. The Morgan fingerprint density at radius 2 is 1.76 bits per heavy atom. The molecule has 3 heterocycles. The molecule has 0 spiro atoms. The van der Waals surface area contributed by atoms with Crippen molar-refractivity contribution in [2.45, 2.75) is 20.3 Å². The molecule has 2 aromatic carbocycles. The fraction of sp³-hybridized carbons (Fsp3) is 0.154. The molecule has 0 radical (unpaired) electrons.